The van der Waals surface area contributed by atoms with Crippen molar-refractivity contribution in [2.24, 2.45) is 11.8 Å². The maximum Gasteiger partial charge on any atom is 0.161 e. The van der Waals surface area contributed by atoms with Crippen LogP contribution in [0.4, 0.5) is 5.69 Å². The molecule has 0 unspecified atom stereocenters. The zero-order chi connectivity index (χ0) is 14.7. The number of hydrogen-bond donors (Lipinski definition) is 1. The molecule has 1 fully saturated rings. The maximum absolute atomic E-state index is 4.52. The Bertz CT molecular complexity index is 582. The van der Waals surface area contributed by atoms with Gasteiger partial charge < -0.3 is 5.32 Å². The molecule has 1 aliphatic rings. The molecule has 4 heteroatoms. The summed E-state index contributed by atoms with van der Waals surface area (Å²) in [6.45, 7) is 5.41. The van der Waals surface area contributed by atoms with E-state index in [9.17, 15) is 0 Å². The lowest BCUT2D eigenvalue weighted by Crippen LogP contribution is -2.21. The highest BCUT2D eigenvalue weighted by Gasteiger charge is 2.18. The first-order valence-electron chi connectivity index (χ1n) is 7.93. The van der Waals surface area contributed by atoms with Crippen LogP contribution < -0.4 is 5.32 Å². The molecule has 0 radical (unpaired) electrons. The Balaban J connectivity index is 1.70. The molecule has 0 saturated heterocycles. The van der Waals surface area contributed by atoms with E-state index in [2.05, 4.69) is 28.3 Å². The van der Waals surface area contributed by atoms with Gasteiger partial charge in [0.25, 0.3) is 0 Å². The third kappa shape index (κ3) is 3.26. The predicted octanol–water partition coefficient (Wildman–Crippen LogP) is 3.81. The second kappa shape index (κ2) is 6.29. The molecule has 0 spiro atoms. The average Bonchev–Trinajstić information content (AvgIpc) is 2.93. The normalized spacial score (nSPS) is 22.2. The minimum atomic E-state index is 0.790. The van der Waals surface area contributed by atoms with Gasteiger partial charge in [0.1, 0.15) is 5.82 Å². The summed E-state index contributed by atoms with van der Waals surface area (Å²) in [6.07, 6.45) is 11.0. The fraction of sp³-hybridized carbons (Fsp3) is 0.529. The Hall–Kier alpha value is -1.84. The molecule has 1 aliphatic carbocycles. The van der Waals surface area contributed by atoms with Crippen LogP contribution in [-0.2, 0) is 0 Å². The van der Waals surface area contributed by atoms with E-state index in [0.29, 0.717) is 0 Å². The number of anilines is 1. The molecule has 4 nitrogen and oxygen atoms in total. The summed E-state index contributed by atoms with van der Waals surface area (Å²) in [4.78, 5) is 8.81. The van der Waals surface area contributed by atoms with E-state index >= 15 is 0 Å². The molecule has 1 N–H and O–H groups in total. The van der Waals surface area contributed by atoms with Crippen molar-refractivity contribution >= 4 is 5.69 Å². The highest BCUT2D eigenvalue weighted by atomic mass is 15.1. The number of hydrogen-bond acceptors (Lipinski definition) is 3. The first-order valence-corrected chi connectivity index (χ1v) is 7.93. The number of pyridine rings is 1. The van der Waals surface area contributed by atoms with Gasteiger partial charge in [0.05, 0.1) is 5.69 Å². The van der Waals surface area contributed by atoms with Crippen LogP contribution in [0.15, 0.2) is 30.7 Å². The van der Waals surface area contributed by atoms with Gasteiger partial charge >= 0.3 is 0 Å². The molecule has 0 aromatic carbocycles. The van der Waals surface area contributed by atoms with Crippen molar-refractivity contribution in [2.45, 2.75) is 39.5 Å². The lowest BCUT2D eigenvalue weighted by atomic mass is 9.83. The Labute approximate surface area is 126 Å². The minimum Gasteiger partial charge on any atom is -0.382 e. The van der Waals surface area contributed by atoms with E-state index < -0.39 is 0 Å². The molecule has 0 amide bonds. The number of rotatable bonds is 4. The van der Waals surface area contributed by atoms with Gasteiger partial charge in [-0.15, -0.1) is 0 Å². The van der Waals surface area contributed by atoms with Gasteiger partial charge in [0.15, 0.2) is 5.82 Å². The van der Waals surface area contributed by atoms with Gasteiger partial charge in [0, 0.05) is 25.1 Å². The Morgan fingerprint density at radius 2 is 2.00 bits per heavy atom. The van der Waals surface area contributed by atoms with Crippen molar-refractivity contribution < 1.29 is 0 Å². The highest BCUT2D eigenvalue weighted by molar-refractivity contribution is 5.57. The second-order valence-electron chi connectivity index (χ2n) is 6.23. The van der Waals surface area contributed by atoms with E-state index in [0.717, 1.165) is 35.7 Å². The highest BCUT2D eigenvalue weighted by Crippen LogP contribution is 2.29. The van der Waals surface area contributed by atoms with Crippen LogP contribution in [0.2, 0.25) is 0 Å². The maximum atomic E-state index is 4.52. The fourth-order valence-corrected chi connectivity index (χ4v) is 3.12. The third-order valence-electron chi connectivity index (χ3n) is 4.56. The Morgan fingerprint density at radius 3 is 2.71 bits per heavy atom. The number of imidazole rings is 1. The van der Waals surface area contributed by atoms with Crippen molar-refractivity contribution in [2.75, 3.05) is 11.9 Å². The topological polar surface area (TPSA) is 42.7 Å². The van der Waals surface area contributed by atoms with Crippen molar-refractivity contribution in [3.8, 4) is 5.82 Å². The van der Waals surface area contributed by atoms with Gasteiger partial charge in [-0.2, -0.15) is 0 Å². The smallest absolute Gasteiger partial charge is 0.161 e. The fourth-order valence-electron chi connectivity index (χ4n) is 3.12. The predicted molar refractivity (Wildman–Crippen MR) is 85.7 cm³/mol. The van der Waals surface area contributed by atoms with Crippen LogP contribution in [0.3, 0.4) is 0 Å². The Morgan fingerprint density at radius 1 is 1.19 bits per heavy atom. The molecule has 2 aromatic heterocycles. The summed E-state index contributed by atoms with van der Waals surface area (Å²) in [5.41, 5.74) is 1.09. The lowest BCUT2D eigenvalue weighted by Gasteiger charge is -2.26. The summed E-state index contributed by atoms with van der Waals surface area (Å²) < 4.78 is 2.03. The lowest BCUT2D eigenvalue weighted by molar-refractivity contribution is 0.300. The van der Waals surface area contributed by atoms with Gasteiger partial charge in [-0.05, 0) is 43.7 Å². The number of nitrogens with zero attached hydrogens (tertiary/aromatic N) is 3. The summed E-state index contributed by atoms with van der Waals surface area (Å²) in [5, 5.41) is 3.60. The average molecular weight is 284 g/mol. The molecule has 3 rings (SSSR count). The van der Waals surface area contributed by atoms with Crippen LogP contribution in [0, 0.1) is 18.8 Å². The molecule has 0 aliphatic heterocycles. The molecule has 0 bridgehead atoms. The molecular formula is C17H24N4. The zero-order valence-electron chi connectivity index (χ0n) is 12.9. The SMILES string of the molecule is Cc1nccn1-c1ncccc1NCC1CCC(C)CC1. The van der Waals surface area contributed by atoms with Crippen molar-refractivity contribution in [1.29, 1.82) is 0 Å². The van der Waals surface area contributed by atoms with E-state index in [4.69, 9.17) is 0 Å². The van der Waals surface area contributed by atoms with Crippen LogP contribution in [0.5, 0.6) is 0 Å². The molecule has 2 aromatic rings. The third-order valence-corrected chi connectivity index (χ3v) is 4.56. The first kappa shape index (κ1) is 14.1. The number of aromatic nitrogens is 3. The summed E-state index contributed by atoms with van der Waals surface area (Å²) in [5.74, 6) is 3.60. The summed E-state index contributed by atoms with van der Waals surface area (Å²) >= 11 is 0. The van der Waals surface area contributed by atoms with Gasteiger partial charge in [-0.25, -0.2) is 9.97 Å². The molecule has 0 atom stereocenters. The number of nitrogens with one attached hydrogen (secondary N) is 1. The number of aryl methyl sites for hydroxylation is 1. The second-order valence-corrected chi connectivity index (χ2v) is 6.23. The van der Waals surface area contributed by atoms with E-state index in [1.165, 1.54) is 25.7 Å². The van der Waals surface area contributed by atoms with Crippen LogP contribution in [0.1, 0.15) is 38.4 Å². The van der Waals surface area contributed by atoms with E-state index in [1.807, 2.05) is 36.1 Å². The Kier molecular flexibility index (Phi) is 4.23. The summed E-state index contributed by atoms with van der Waals surface area (Å²) in [7, 11) is 0. The summed E-state index contributed by atoms with van der Waals surface area (Å²) in [6, 6.07) is 4.09. The largest absolute Gasteiger partial charge is 0.382 e. The van der Waals surface area contributed by atoms with Crippen molar-refractivity contribution in [1.82, 2.24) is 14.5 Å². The van der Waals surface area contributed by atoms with E-state index in [1.54, 1.807) is 0 Å². The quantitative estimate of drug-likeness (QED) is 0.928. The first-order chi connectivity index (χ1) is 10.2. The molecule has 1 saturated carbocycles. The molecule has 112 valence electrons. The monoisotopic (exact) mass is 284 g/mol. The molecule has 21 heavy (non-hydrogen) atoms. The minimum absolute atomic E-state index is 0.790. The van der Waals surface area contributed by atoms with Crippen LogP contribution >= 0.6 is 0 Å². The van der Waals surface area contributed by atoms with Gasteiger partial charge in [-0.3, -0.25) is 4.57 Å². The van der Waals surface area contributed by atoms with Gasteiger partial charge in [-0.1, -0.05) is 19.8 Å². The van der Waals surface area contributed by atoms with E-state index in [-0.39, 0.29) is 0 Å². The molecule has 2 heterocycles. The van der Waals surface area contributed by atoms with Crippen molar-refractivity contribution in [3.63, 3.8) is 0 Å². The van der Waals surface area contributed by atoms with Crippen molar-refractivity contribution in [3.05, 3.63) is 36.5 Å². The van der Waals surface area contributed by atoms with Crippen LogP contribution in [-0.4, -0.2) is 21.1 Å². The van der Waals surface area contributed by atoms with Crippen LogP contribution in [0.25, 0.3) is 5.82 Å². The zero-order valence-corrected chi connectivity index (χ0v) is 12.9. The standard InChI is InChI=1S/C17H24N4/c1-13-5-7-15(8-6-13)12-20-16-4-3-9-19-17(16)21-11-10-18-14(21)2/h3-4,9-11,13,15,20H,5-8,12H2,1-2H3. The van der Waals surface area contributed by atoms with Gasteiger partial charge in [0.2, 0.25) is 0 Å². The molecular weight excluding hydrogens is 260 g/mol.